The molecular weight excluding hydrogens is 216 g/mol. The van der Waals surface area contributed by atoms with Crippen LogP contribution in [-0.4, -0.2) is 0 Å². The van der Waals surface area contributed by atoms with E-state index in [9.17, 15) is 0 Å². The van der Waals surface area contributed by atoms with Crippen LogP contribution in [-0.2, 0) is 12.8 Å². The molecule has 2 aliphatic carbocycles. The summed E-state index contributed by atoms with van der Waals surface area (Å²) in [6.07, 6.45) is 13.9. The van der Waals surface area contributed by atoms with Gasteiger partial charge in [-0.3, -0.25) is 0 Å². The maximum atomic E-state index is 2.42. The summed E-state index contributed by atoms with van der Waals surface area (Å²) in [7, 11) is 0. The van der Waals surface area contributed by atoms with E-state index >= 15 is 0 Å². The van der Waals surface area contributed by atoms with Gasteiger partial charge in [-0.1, -0.05) is 48.6 Å². The lowest BCUT2D eigenvalue weighted by atomic mass is 9.91. The van der Waals surface area contributed by atoms with Crippen molar-refractivity contribution in [3.8, 4) is 0 Å². The zero-order valence-corrected chi connectivity index (χ0v) is 10.4. The van der Waals surface area contributed by atoms with E-state index in [4.69, 9.17) is 0 Å². The highest BCUT2D eigenvalue weighted by Crippen LogP contribution is 2.15. The summed E-state index contributed by atoms with van der Waals surface area (Å²) in [6.45, 7) is 0. The summed E-state index contributed by atoms with van der Waals surface area (Å²) >= 11 is 0. The number of rotatable bonds is 0. The van der Waals surface area contributed by atoms with Crippen molar-refractivity contribution in [3.05, 3.63) is 58.0 Å². The van der Waals surface area contributed by atoms with Crippen molar-refractivity contribution in [1.29, 1.82) is 0 Å². The number of benzene rings is 2. The van der Waals surface area contributed by atoms with Crippen LogP contribution in [0.5, 0.6) is 0 Å². The average molecular weight is 232 g/mol. The van der Waals surface area contributed by atoms with Gasteiger partial charge >= 0.3 is 0 Å². The van der Waals surface area contributed by atoms with E-state index in [2.05, 4.69) is 48.6 Å². The molecule has 4 rings (SSSR count). The second-order valence-electron chi connectivity index (χ2n) is 5.27. The van der Waals surface area contributed by atoms with Gasteiger partial charge < -0.3 is 0 Å². The number of hydrogen-bond donors (Lipinski definition) is 0. The summed E-state index contributed by atoms with van der Waals surface area (Å²) < 4.78 is 0. The van der Waals surface area contributed by atoms with E-state index in [-0.39, 0.29) is 0 Å². The highest BCUT2D eigenvalue weighted by atomic mass is 14.1. The molecule has 0 heterocycles. The number of aryl methyl sites for hydroxylation is 1. The molecule has 0 N–H and O–H groups in total. The Morgan fingerprint density at radius 2 is 1.67 bits per heavy atom. The molecule has 0 unspecified atom stereocenters. The molecule has 2 aliphatic rings. The van der Waals surface area contributed by atoms with Gasteiger partial charge in [-0.05, 0) is 58.0 Å². The van der Waals surface area contributed by atoms with Gasteiger partial charge in [0, 0.05) is 0 Å². The van der Waals surface area contributed by atoms with Crippen LogP contribution in [0.4, 0.5) is 0 Å². The molecule has 0 saturated heterocycles. The number of hydrogen-bond acceptors (Lipinski definition) is 0. The Bertz CT molecular complexity index is 776. The zero-order chi connectivity index (χ0) is 11.9. The summed E-state index contributed by atoms with van der Waals surface area (Å²) in [4.78, 5) is 0. The standard InChI is InChI=1S/C18H16/c1-3-7-15-13(5-1)9-11-18-16-8-4-2-6-14(16)10-12-17(15)18/h1,3,7-12H,2,4-6H2. The van der Waals surface area contributed by atoms with E-state index in [1.54, 1.807) is 0 Å². The summed E-state index contributed by atoms with van der Waals surface area (Å²) in [5.74, 6) is 0. The van der Waals surface area contributed by atoms with Crippen molar-refractivity contribution in [1.82, 2.24) is 0 Å². The third-order valence-corrected chi connectivity index (χ3v) is 4.20. The number of fused-ring (bicyclic) bond motifs is 5. The topological polar surface area (TPSA) is 0 Å². The molecule has 18 heavy (non-hydrogen) atoms. The molecule has 88 valence electrons. The first kappa shape index (κ1) is 10.1. The minimum absolute atomic E-state index is 1.07. The minimum Gasteiger partial charge on any atom is -0.0801 e. The lowest BCUT2D eigenvalue weighted by Gasteiger charge is -2.13. The predicted octanol–water partition coefficient (Wildman–Crippen LogP) is 2.85. The van der Waals surface area contributed by atoms with E-state index in [1.807, 2.05) is 0 Å². The monoisotopic (exact) mass is 232 g/mol. The maximum Gasteiger partial charge on any atom is -0.00882 e. The van der Waals surface area contributed by atoms with Gasteiger partial charge in [0.1, 0.15) is 0 Å². The van der Waals surface area contributed by atoms with Crippen LogP contribution in [0.3, 0.4) is 0 Å². The third-order valence-electron chi connectivity index (χ3n) is 4.20. The molecule has 0 bridgehead atoms. The van der Waals surface area contributed by atoms with Crippen molar-refractivity contribution in [2.75, 3.05) is 0 Å². The van der Waals surface area contributed by atoms with Crippen LogP contribution >= 0.6 is 0 Å². The van der Waals surface area contributed by atoms with Gasteiger partial charge in [-0.2, -0.15) is 0 Å². The molecule has 2 aromatic carbocycles. The van der Waals surface area contributed by atoms with Crippen molar-refractivity contribution in [3.63, 3.8) is 0 Å². The first-order valence-corrected chi connectivity index (χ1v) is 6.84. The second kappa shape index (κ2) is 3.84. The van der Waals surface area contributed by atoms with Gasteiger partial charge in [0.2, 0.25) is 0 Å². The van der Waals surface area contributed by atoms with Crippen LogP contribution in [0, 0.1) is 0 Å². The highest BCUT2D eigenvalue weighted by Gasteiger charge is 2.08. The minimum atomic E-state index is 1.07. The summed E-state index contributed by atoms with van der Waals surface area (Å²) in [5.41, 5.74) is 2.99. The Labute approximate surface area is 107 Å². The molecule has 0 nitrogen and oxygen atoms in total. The fourth-order valence-corrected chi connectivity index (χ4v) is 3.27. The normalized spacial score (nSPS) is 16.7. The van der Waals surface area contributed by atoms with Crippen molar-refractivity contribution < 1.29 is 0 Å². The van der Waals surface area contributed by atoms with Crippen LogP contribution in [0.15, 0.2) is 36.4 Å². The fourth-order valence-electron chi connectivity index (χ4n) is 3.27. The molecule has 0 saturated carbocycles. The van der Waals surface area contributed by atoms with Crippen molar-refractivity contribution in [2.24, 2.45) is 0 Å². The largest absolute Gasteiger partial charge is 0.0801 e. The first-order chi connectivity index (χ1) is 8.93. The third kappa shape index (κ3) is 1.38. The van der Waals surface area contributed by atoms with Crippen molar-refractivity contribution in [2.45, 2.75) is 25.7 Å². The molecule has 2 aromatic rings. The fraction of sp³-hybridized carbons (Fsp3) is 0.222. The Morgan fingerprint density at radius 3 is 2.61 bits per heavy atom. The van der Waals surface area contributed by atoms with Crippen LogP contribution in [0.1, 0.15) is 24.0 Å². The quantitative estimate of drug-likeness (QED) is 0.655. The number of allylic oxidation sites excluding steroid dienone is 2. The predicted molar refractivity (Wildman–Crippen MR) is 77.9 cm³/mol. The van der Waals surface area contributed by atoms with E-state index < -0.39 is 0 Å². The highest BCUT2D eigenvalue weighted by molar-refractivity contribution is 5.87. The van der Waals surface area contributed by atoms with Crippen LogP contribution < -0.4 is 10.4 Å². The SMILES string of the molecule is C1=CCc2ccc3c4c(ccc3c2=C1)CCCC=4. The van der Waals surface area contributed by atoms with E-state index in [0.29, 0.717) is 0 Å². The molecule has 0 amide bonds. The second-order valence-corrected chi connectivity index (χ2v) is 5.27. The molecule has 0 atom stereocenters. The maximum absolute atomic E-state index is 2.42. The molecular formula is C18H16. The zero-order valence-electron chi connectivity index (χ0n) is 10.4. The van der Waals surface area contributed by atoms with Crippen LogP contribution in [0.2, 0.25) is 0 Å². The van der Waals surface area contributed by atoms with Crippen molar-refractivity contribution >= 4 is 22.9 Å². The molecule has 0 spiro atoms. The van der Waals surface area contributed by atoms with E-state index in [1.165, 1.54) is 51.6 Å². The van der Waals surface area contributed by atoms with E-state index in [0.717, 1.165) is 6.42 Å². The molecule has 0 aromatic heterocycles. The lowest BCUT2D eigenvalue weighted by molar-refractivity contribution is 0.839. The van der Waals surface area contributed by atoms with Gasteiger partial charge in [0.25, 0.3) is 0 Å². The Morgan fingerprint density at radius 1 is 0.833 bits per heavy atom. The Hall–Kier alpha value is -1.82. The first-order valence-electron chi connectivity index (χ1n) is 6.84. The summed E-state index contributed by atoms with van der Waals surface area (Å²) in [6, 6.07) is 9.28. The molecule has 0 aliphatic heterocycles. The summed E-state index contributed by atoms with van der Waals surface area (Å²) in [5, 5.41) is 5.78. The van der Waals surface area contributed by atoms with Gasteiger partial charge in [-0.15, -0.1) is 0 Å². The van der Waals surface area contributed by atoms with Gasteiger partial charge in [0.15, 0.2) is 0 Å². The smallest absolute Gasteiger partial charge is 0.00882 e. The lowest BCUT2D eigenvalue weighted by Crippen LogP contribution is -2.19. The van der Waals surface area contributed by atoms with Gasteiger partial charge in [-0.25, -0.2) is 0 Å². The van der Waals surface area contributed by atoms with Crippen LogP contribution in [0.25, 0.3) is 22.9 Å². The van der Waals surface area contributed by atoms with Gasteiger partial charge in [0.05, 0.1) is 0 Å². The Kier molecular flexibility index (Phi) is 2.16. The molecule has 0 heteroatoms. The Balaban J connectivity index is 2.20. The molecule has 0 fully saturated rings. The average Bonchev–Trinajstić information content (AvgIpc) is 2.46. The molecule has 0 radical (unpaired) electrons.